The zero-order valence-corrected chi connectivity index (χ0v) is 10.3. The quantitative estimate of drug-likeness (QED) is 0.845. The Bertz CT molecular complexity index is 447. The van der Waals surface area contributed by atoms with Crippen molar-refractivity contribution in [3.63, 3.8) is 0 Å². The Balaban J connectivity index is 2.40. The van der Waals surface area contributed by atoms with Crippen molar-refractivity contribution in [3.05, 3.63) is 23.4 Å². The lowest BCUT2D eigenvalue weighted by molar-refractivity contribution is 0.173. The zero-order chi connectivity index (χ0) is 12.6. The molecule has 2 heterocycles. The van der Waals surface area contributed by atoms with E-state index < -0.39 is 6.10 Å². The number of hydrogen-bond acceptors (Lipinski definition) is 3. The van der Waals surface area contributed by atoms with Crippen LogP contribution in [0.15, 0.2) is 12.3 Å². The summed E-state index contributed by atoms with van der Waals surface area (Å²) in [5.41, 5.74) is 1.78. The van der Waals surface area contributed by atoms with Gasteiger partial charge in [-0.2, -0.15) is 0 Å². The van der Waals surface area contributed by atoms with E-state index in [0.717, 1.165) is 11.1 Å². The maximum atomic E-state index is 11.7. The number of carbonyl (C=O) groups excluding carboxylic acids is 1. The van der Waals surface area contributed by atoms with E-state index in [9.17, 15) is 9.90 Å². The lowest BCUT2D eigenvalue weighted by atomic mass is 10.1. The van der Waals surface area contributed by atoms with E-state index in [0.29, 0.717) is 18.8 Å². The van der Waals surface area contributed by atoms with Gasteiger partial charge in [-0.15, -0.1) is 0 Å². The highest BCUT2D eigenvalue weighted by molar-refractivity contribution is 5.92. The van der Waals surface area contributed by atoms with Crippen molar-refractivity contribution in [1.82, 2.24) is 9.88 Å². The molecule has 92 valence electrons. The standard InChI is InChI=1S/C12H17N3O2/c1-4-10(16)8-5-9-7-14(2)12(17)15(3)11(9)13-6-8/h5-6,10,16H,4,7H2,1-3H3. The van der Waals surface area contributed by atoms with E-state index in [1.807, 2.05) is 13.0 Å². The van der Waals surface area contributed by atoms with Crippen LogP contribution in [-0.4, -0.2) is 35.1 Å². The summed E-state index contributed by atoms with van der Waals surface area (Å²) in [5, 5.41) is 9.78. The molecule has 1 atom stereocenters. The first kappa shape index (κ1) is 11.9. The highest BCUT2D eigenvalue weighted by Gasteiger charge is 2.26. The topological polar surface area (TPSA) is 56.7 Å². The van der Waals surface area contributed by atoms with E-state index in [-0.39, 0.29) is 6.03 Å². The zero-order valence-electron chi connectivity index (χ0n) is 10.3. The SMILES string of the molecule is CCC(O)c1cnc2c(c1)CN(C)C(=O)N2C. The molecule has 2 amide bonds. The van der Waals surface area contributed by atoms with E-state index in [1.165, 1.54) is 4.90 Å². The first-order valence-corrected chi connectivity index (χ1v) is 5.70. The Hall–Kier alpha value is -1.62. The van der Waals surface area contributed by atoms with Crippen LogP contribution in [0.5, 0.6) is 0 Å². The van der Waals surface area contributed by atoms with Gasteiger partial charge in [-0.3, -0.25) is 4.90 Å². The molecule has 1 aliphatic rings. The summed E-state index contributed by atoms with van der Waals surface area (Å²) in [6.07, 6.45) is 1.81. The van der Waals surface area contributed by atoms with Gasteiger partial charge >= 0.3 is 6.03 Å². The van der Waals surface area contributed by atoms with E-state index >= 15 is 0 Å². The molecule has 1 aromatic heterocycles. The number of carbonyl (C=O) groups is 1. The lowest BCUT2D eigenvalue weighted by Crippen LogP contribution is -2.43. The smallest absolute Gasteiger partial charge is 0.325 e. The van der Waals surface area contributed by atoms with Crippen molar-refractivity contribution in [2.45, 2.75) is 26.0 Å². The van der Waals surface area contributed by atoms with E-state index in [1.54, 1.807) is 25.2 Å². The predicted octanol–water partition coefficient (Wildman–Crippen LogP) is 1.53. The van der Waals surface area contributed by atoms with Crippen LogP contribution < -0.4 is 4.90 Å². The largest absolute Gasteiger partial charge is 0.388 e. The lowest BCUT2D eigenvalue weighted by Gasteiger charge is -2.32. The van der Waals surface area contributed by atoms with Crippen molar-refractivity contribution in [3.8, 4) is 0 Å². The van der Waals surface area contributed by atoms with Gasteiger partial charge in [0, 0.05) is 25.9 Å². The molecule has 5 heteroatoms. The summed E-state index contributed by atoms with van der Waals surface area (Å²) in [7, 11) is 3.46. The monoisotopic (exact) mass is 235 g/mol. The molecule has 0 fully saturated rings. The van der Waals surface area contributed by atoms with Gasteiger partial charge in [-0.25, -0.2) is 9.78 Å². The van der Waals surface area contributed by atoms with Crippen LogP contribution in [0.2, 0.25) is 0 Å². The minimum atomic E-state index is -0.485. The van der Waals surface area contributed by atoms with E-state index in [4.69, 9.17) is 0 Å². The number of nitrogens with zero attached hydrogens (tertiary/aromatic N) is 3. The van der Waals surface area contributed by atoms with Gasteiger partial charge in [0.15, 0.2) is 0 Å². The summed E-state index contributed by atoms with van der Waals surface area (Å²) < 4.78 is 0. The normalized spacial score (nSPS) is 17.1. The van der Waals surface area contributed by atoms with Crippen LogP contribution in [0.4, 0.5) is 10.6 Å². The number of hydrogen-bond donors (Lipinski definition) is 1. The Kier molecular flexibility index (Phi) is 3.02. The number of fused-ring (bicyclic) bond motifs is 1. The van der Waals surface area contributed by atoms with Crippen LogP contribution in [0, 0.1) is 0 Å². The highest BCUT2D eigenvalue weighted by atomic mass is 16.3. The average Bonchev–Trinajstić information content (AvgIpc) is 2.34. The van der Waals surface area contributed by atoms with Crippen molar-refractivity contribution >= 4 is 11.8 Å². The molecule has 1 aliphatic heterocycles. The van der Waals surface area contributed by atoms with Gasteiger partial charge in [-0.05, 0) is 18.1 Å². The molecule has 0 spiro atoms. The summed E-state index contributed by atoms with van der Waals surface area (Å²) in [5.74, 6) is 0.681. The average molecular weight is 235 g/mol. The second kappa shape index (κ2) is 4.33. The minimum Gasteiger partial charge on any atom is -0.388 e. The summed E-state index contributed by atoms with van der Waals surface area (Å²) in [4.78, 5) is 19.2. The third kappa shape index (κ3) is 1.98. The Morgan fingerprint density at radius 1 is 1.53 bits per heavy atom. The minimum absolute atomic E-state index is 0.0613. The predicted molar refractivity (Wildman–Crippen MR) is 64.8 cm³/mol. The van der Waals surface area contributed by atoms with Crippen molar-refractivity contribution < 1.29 is 9.90 Å². The Morgan fingerprint density at radius 2 is 2.24 bits per heavy atom. The molecular formula is C12H17N3O2. The molecule has 0 saturated carbocycles. The molecule has 1 unspecified atom stereocenters. The van der Waals surface area contributed by atoms with Gasteiger partial charge in [-0.1, -0.05) is 6.92 Å². The third-order valence-corrected chi connectivity index (χ3v) is 3.07. The number of aliphatic hydroxyl groups is 1. The molecule has 0 saturated heterocycles. The molecule has 5 nitrogen and oxygen atoms in total. The molecule has 1 aromatic rings. The number of amides is 2. The number of pyridine rings is 1. The van der Waals surface area contributed by atoms with E-state index in [2.05, 4.69) is 4.98 Å². The van der Waals surface area contributed by atoms with Crippen LogP contribution in [0.1, 0.15) is 30.6 Å². The number of aliphatic hydroxyl groups excluding tert-OH is 1. The number of anilines is 1. The molecule has 0 aliphatic carbocycles. The fourth-order valence-electron chi connectivity index (χ4n) is 2.03. The maximum Gasteiger partial charge on any atom is 0.325 e. The second-order valence-corrected chi connectivity index (χ2v) is 4.37. The van der Waals surface area contributed by atoms with Crippen molar-refractivity contribution in [1.29, 1.82) is 0 Å². The van der Waals surface area contributed by atoms with Crippen molar-refractivity contribution in [2.24, 2.45) is 0 Å². The number of rotatable bonds is 2. The van der Waals surface area contributed by atoms with Crippen LogP contribution >= 0.6 is 0 Å². The fourth-order valence-corrected chi connectivity index (χ4v) is 2.03. The molecular weight excluding hydrogens is 218 g/mol. The Morgan fingerprint density at radius 3 is 2.88 bits per heavy atom. The second-order valence-electron chi connectivity index (χ2n) is 4.37. The molecule has 2 rings (SSSR count). The molecule has 0 aromatic carbocycles. The van der Waals surface area contributed by atoms with Gasteiger partial charge in [0.05, 0.1) is 12.6 Å². The number of urea groups is 1. The first-order chi connectivity index (χ1) is 8.04. The summed E-state index contributed by atoms with van der Waals surface area (Å²) in [6, 6.07) is 1.87. The van der Waals surface area contributed by atoms with Gasteiger partial charge in [0.2, 0.25) is 0 Å². The molecule has 1 N–H and O–H groups in total. The number of aromatic nitrogens is 1. The van der Waals surface area contributed by atoms with Gasteiger partial charge < -0.3 is 10.0 Å². The van der Waals surface area contributed by atoms with Crippen LogP contribution in [0.25, 0.3) is 0 Å². The molecule has 17 heavy (non-hydrogen) atoms. The van der Waals surface area contributed by atoms with Gasteiger partial charge in [0.1, 0.15) is 5.82 Å². The summed E-state index contributed by atoms with van der Waals surface area (Å²) >= 11 is 0. The summed E-state index contributed by atoms with van der Waals surface area (Å²) in [6.45, 7) is 2.46. The molecule has 0 radical (unpaired) electrons. The van der Waals surface area contributed by atoms with Gasteiger partial charge in [0.25, 0.3) is 0 Å². The molecule has 0 bridgehead atoms. The fraction of sp³-hybridized carbons (Fsp3) is 0.500. The first-order valence-electron chi connectivity index (χ1n) is 5.70. The van der Waals surface area contributed by atoms with Crippen LogP contribution in [-0.2, 0) is 6.54 Å². The highest BCUT2D eigenvalue weighted by Crippen LogP contribution is 2.27. The van der Waals surface area contributed by atoms with Crippen molar-refractivity contribution in [2.75, 3.05) is 19.0 Å². The Labute approximate surface area is 101 Å². The third-order valence-electron chi connectivity index (χ3n) is 3.07. The van der Waals surface area contributed by atoms with Crippen LogP contribution in [0.3, 0.4) is 0 Å². The maximum absolute atomic E-state index is 11.7.